The van der Waals surface area contributed by atoms with Gasteiger partial charge >= 0.3 is 5.97 Å². The van der Waals surface area contributed by atoms with Crippen LogP contribution in [-0.4, -0.2) is 16.2 Å². The van der Waals surface area contributed by atoms with Crippen LogP contribution in [0.4, 0.5) is 0 Å². The Morgan fingerprint density at radius 2 is 1.79 bits per heavy atom. The lowest BCUT2D eigenvalue weighted by Crippen LogP contribution is -2.02. The van der Waals surface area contributed by atoms with Crippen LogP contribution in [0.5, 0.6) is 5.75 Å². The summed E-state index contributed by atoms with van der Waals surface area (Å²) in [7, 11) is 0. The molecule has 0 aromatic heterocycles. The van der Waals surface area contributed by atoms with E-state index in [0.29, 0.717) is 12.0 Å². The number of rotatable bonds is 4. The Labute approximate surface area is 112 Å². The number of carbonyl (C=O) groups is 1. The Morgan fingerprint density at radius 1 is 1.11 bits per heavy atom. The Kier molecular flexibility index (Phi) is 3.85. The Balaban J connectivity index is 2.44. The van der Waals surface area contributed by atoms with Gasteiger partial charge in [0.2, 0.25) is 0 Å². The molecule has 2 rings (SSSR count). The van der Waals surface area contributed by atoms with E-state index in [1.807, 2.05) is 43.3 Å². The Morgan fingerprint density at radius 3 is 2.37 bits per heavy atom. The van der Waals surface area contributed by atoms with Crippen molar-refractivity contribution in [3.8, 4) is 5.75 Å². The van der Waals surface area contributed by atoms with E-state index in [0.717, 1.165) is 17.5 Å². The number of hydrogen-bond donors (Lipinski definition) is 2. The molecule has 2 aromatic carbocycles. The van der Waals surface area contributed by atoms with Crippen LogP contribution in [0.15, 0.2) is 42.5 Å². The average molecular weight is 256 g/mol. The van der Waals surface area contributed by atoms with Gasteiger partial charge in [-0.25, -0.2) is 4.79 Å². The summed E-state index contributed by atoms with van der Waals surface area (Å²) in [6, 6.07) is 13.1. The van der Waals surface area contributed by atoms with E-state index in [-0.39, 0.29) is 11.3 Å². The number of hydrogen-bond acceptors (Lipinski definition) is 2. The molecule has 2 aromatic rings. The number of aryl methyl sites for hydroxylation is 1. The van der Waals surface area contributed by atoms with Gasteiger partial charge in [0.1, 0.15) is 11.3 Å². The van der Waals surface area contributed by atoms with Crippen molar-refractivity contribution < 1.29 is 15.0 Å². The van der Waals surface area contributed by atoms with Gasteiger partial charge in [0.25, 0.3) is 0 Å². The molecule has 0 atom stereocenters. The molecule has 0 unspecified atom stereocenters. The van der Waals surface area contributed by atoms with Crippen LogP contribution in [0.25, 0.3) is 0 Å². The van der Waals surface area contributed by atoms with Crippen molar-refractivity contribution in [2.45, 2.75) is 19.8 Å². The third-order valence-corrected chi connectivity index (χ3v) is 3.12. The van der Waals surface area contributed by atoms with Crippen molar-refractivity contribution in [3.63, 3.8) is 0 Å². The Bertz CT molecular complexity index is 588. The Hall–Kier alpha value is -2.29. The SMILES string of the molecule is CCc1cc(Cc2ccccc2)c(O)c(C(=O)O)c1. The second-order valence-corrected chi connectivity index (χ2v) is 4.47. The molecule has 2 N–H and O–H groups in total. The van der Waals surface area contributed by atoms with Crippen LogP contribution >= 0.6 is 0 Å². The zero-order chi connectivity index (χ0) is 13.8. The summed E-state index contributed by atoms with van der Waals surface area (Å²) in [5.41, 5.74) is 2.59. The number of aromatic hydroxyl groups is 1. The van der Waals surface area contributed by atoms with Gasteiger partial charge in [-0.2, -0.15) is 0 Å². The van der Waals surface area contributed by atoms with E-state index in [2.05, 4.69) is 0 Å². The fourth-order valence-corrected chi connectivity index (χ4v) is 2.08. The van der Waals surface area contributed by atoms with Crippen LogP contribution < -0.4 is 0 Å². The average Bonchev–Trinajstić information content (AvgIpc) is 2.42. The quantitative estimate of drug-likeness (QED) is 0.882. The molecule has 0 bridgehead atoms. The van der Waals surface area contributed by atoms with Gasteiger partial charge < -0.3 is 10.2 Å². The molecule has 0 spiro atoms. The van der Waals surface area contributed by atoms with Crippen molar-refractivity contribution >= 4 is 5.97 Å². The molecule has 0 heterocycles. The van der Waals surface area contributed by atoms with Gasteiger partial charge in [-0.05, 0) is 29.2 Å². The highest BCUT2D eigenvalue weighted by molar-refractivity contribution is 5.91. The summed E-state index contributed by atoms with van der Waals surface area (Å²) in [4.78, 5) is 11.1. The highest BCUT2D eigenvalue weighted by Gasteiger charge is 2.15. The summed E-state index contributed by atoms with van der Waals surface area (Å²) in [6.07, 6.45) is 1.27. The zero-order valence-corrected chi connectivity index (χ0v) is 10.8. The van der Waals surface area contributed by atoms with E-state index in [1.165, 1.54) is 6.07 Å². The molecule has 0 aliphatic heterocycles. The van der Waals surface area contributed by atoms with Crippen molar-refractivity contribution in [1.82, 2.24) is 0 Å². The lowest BCUT2D eigenvalue weighted by Gasteiger charge is -2.10. The molecule has 0 saturated heterocycles. The second kappa shape index (κ2) is 5.57. The molecule has 3 heteroatoms. The monoisotopic (exact) mass is 256 g/mol. The molecular formula is C16H16O3. The number of carboxylic acids is 1. The third kappa shape index (κ3) is 2.94. The van der Waals surface area contributed by atoms with E-state index in [9.17, 15) is 9.90 Å². The van der Waals surface area contributed by atoms with Gasteiger partial charge in [-0.15, -0.1) is 0 Å². The first-order valence-corrected chi connectivity index (χ1v) is 6.23. The number of benzene rings is 2. The molecule has 0 saturated carbocycles. The van der Waals surface area contributed by atoms with Crippen molar-refractivity contribution in [3.05, 3.63) is 64.7 Å². The molecule has 0 amide bonds. The summed E-state index contributed by atoms with van der Waals surface area (Å²) >= 11 is 0. The van der Waals surface area contributed by atoms with Gasteiger partial charge in [0.05, 0.1) is 0 Å². The molecule has 0 fully saturated rings. The fraction of sp³-hybridized carbons (Fsp3) is 0.188. The first-order valence-electron chi connectivity index (χ1n) is 6.23. The maximum absolute atomic E-state index is 11.1. The second-order valence-electron chi connectivity index (χ2n) is 4.47. The van der Waals surface area contributed by atoms with Gasteiger partial charge in [0, 0.05) is 6.42 Å². The molecular weight excluding hydrogens is 240 g/mol. The summed E-state index contributed by atoms with van der Waals surface area (Å²) < 4.78 is 0. The minimum atomic E-state index is -1.10. The lowest BCUT2D eigenvalue weighted by molar-refractivity contribution is 0.0693. The highest BCUT2D eigenvalue weighted by atomic mass is 16.4. The fourth-order valence-electron chi connectivity index (χ4n) is 2.08. The molecule has 0 radical (unpaired) electrons. The van der Waals surface area contributed by atoms with E-state index < -0.39 is 5.97 Å². The predicted molar refractivity (Wildman–Crippen MR) is 73.7 cm³/mol. The summed E-state index contributed by atoms with van der Waals surface area (Å²) in [6.45, 7) is 1.96. The van der Waals surface area contributed by atoms with Gasteiger partial charge in [0.15, 0.2) is 0 Å². The minimum absolute atomic E-state index is 0.0229. The number of phenols is 1. The van der Waals surface area contributed by atoms with Crippen molar-refractivity contribution in [2.75, 3.05) is 0 Å². The lowest BCUT2D eigenvalue weighted by atomic mass is 9.97. The summed E-state index contributed by atoms with van der Waals surface area (Å²) in [5.74, 6) is -1.23. The molecule has 98 valence electrons. The van der Waals surface area contributed by atoms with Crippen LogP contribution in [0.3, 0.4) is 0 Å². The van der Waals surface area contributed by atoms with Crippen LogP contribution in [-0.2, 0) is 12.8 Å². The number of carboxylic acid groups (broad SMARTS) is 1. The third-order valence-electron chi connectivity index (χ3n) is 3.12. The standard InChI is InChI=1S/C16H16O3/c1-2-11-8-13(9-12-6-4-3-5-7-12)15(17)14(10-11)16(18)19/h3-8,10,17H,2,9H2,1H3,(H,18,19). The maximum atomic E-state index is 11.1. The first-order chi connectivity index (χ1) is 9.11. The van der Waals surface area contributed by atoms with Gasteiger partial charge in [-0.3, -0.25) is 0 Å². The van der Waals surface area contributed by atoms with Crippen molar-refractivity contribution in [2.24, 2.45) is 0 Å². The summed E-state index contributed by atoms with van der Waals surface area (Å²) in [5, 5.41) is 19.2. The van der Waals surface area contributed by atoms with Crippen molar-refractivity contribution in [1.29, 1.82) is 0 Å². The first kappa shape index (κ1) is 13.1. The zero-order valence-electron chi connectivity index (χ0n) is 10.8. The van der Waals surface area contributed by atoms with E-state index in [1.54, 1.807) is 0 Å². The topological polar surface area (TPSA) is 57.5 Å². The smallest absolute Gasteiger partial charge is 0.339 e. The van der Waals surface area contributed by atoms with Crippen LogP contribution in [0.2, 0.25) is 0 Å². The van der Waals surface area contributed by atoms with Crippen LogP contribution in [0, 0.1) is 0 Å². The molecule has 3 nitrogen and oxygen atoms in total. The molecule has 0 aliphatic carbocycles. The molecule has 0 aliphatic rings. The number of aromatic carboxylic acids is 1. The molecule has 19 heavy (non-hydrogen) atoms. The predicted octanol–water partition coefficient (Wildman–Crippen LogP) is 3.24. The highest BCUT2D eigenvalue weighted by Crippen LogP contribution is 2.27. The normalized spacial score (nSPS) is 10.4. The van der Waals surface area contributed by atoms with E-state index >= 15 is 0 Å². The maximum Gasteiger partial charge on any atom is 0.339 e. The van der Waals surface area contributed by atoms with Crippen LogP contribution in [0.1, 0.15) is 34.0 Å². The van der Waals surface area contributed by atoms with Gasteiger partial charge in [-0.1, -0.05) is 43.3 Å². The van der Waals surface area contributed by atoms with E-state index in [4.69, 9.17) is 5.11 Å². The minimum Gasteiger partial charge on any atom is -0.507 e. The largest absolute Gasteiger partial charge is 0.507 e.